The zero-order chi connectivity index (χ0) is 26.0. The van der Waals surface area contributed by atoms with Gasteiger partial charge >= 0.3 is 0 Å². The normalized spacial score (nSPS) is 15.5. The maximum atomic E-state index is 14.8. The number of fused-ring (bicyclic) bond motifs is 1. The Morgan fingerprint density at radius 1 is 1.19 bits per heavy atom. The maximum Gasteiger partial charge on any atom is 0.280 e. The Kier molecular flexibility index (Phi) is 7.27. The Bertz CT molecular complexity index is 1340. The summed E-state index contributed by atoms with van der Waals surface area (Å²) >= 11 is 0. The fourth-order valence-electron chi connectivity index (χ4n) is 4.56. The summed E-state index contributed by atoms with van der Waals surface area (Å²) in [7, 11) is -0.266. The molecule has 1 atom stereocenters. The number of H-pyrrole nitrogens is 1. The molecule has 1 aromatic heterocycles. The fourth-order valence-corrected chi connectivity index (χ4v) is 5.93. The molecule has 0 saturated heterocycles. The minimum atomic E-state index is -1.88. The van der Waals surface area contributed by atoms with Crippen molar-refractivity contribution in [1.82, 2.24) is 10.1 Å². The first-order valence-corrected chi connectivity index (χ1v) is 15.2. The van der Waals surface area contributed by atoms with Crippen molar-refractivity contribution in [3.63, 3.8) is 0 Å². The number of hydrogen-bond donors (Lipinski definition) is 2. The van der Waals surface area contributed by atoms with E-state index >= 15 is 0 Å². The summed E-state index contributed by atoms with van der Waals surface area (Å²) in [6.07, 6.45) is 0.387. The van der Waals surface area contributed by atoms with Gasteiger partial charge in [0.15, 0.2) is 0 Å². The van der Waals surface area contributed by atoms with Crippen LogP contribution in [0.5, 0.6) is 0 Å². The first-order valence-electron chi connectivity index (χ1n) is 11.7. The first kappa shape index (κ1) is 25.6. The van der Waals surface area contributed by atoms with Crippen molar-refractivity contribution < 1.29 is 23.2 Å². The lowest BCUT2D eigenvalue weighted by Crippen LogP contribution is -2.46. The van der Waals surface area contributed by atoms with Crippen molar-refractivity contribution in [2.75, 3.05) is 19.0 Å². The lowest BCUT2D eigenvalue weighted by Gasteiger charge is -2.36. The summed E-state index contributed by atoms with van der Waals surface area (Å²) in [6.45, 7) is 6.89. The molecule has 10 heteroatoms. The van der Waals surface area contributed by atoms with Gasteiger partial charge in [0, 0.05) is 25.4 Å². The molecule has 0 fully saturated rings. The van der Waals surface area contributed by atoms with Crippen molar-refractivity contribution in [1.29, 1.82) is 0 Å². The number of hydrogen-bond acceptors (Lipinski definition) is 5. The van der Waals surface area contributed by atoms with Crippen LogP contribution in [0.15, 0.2) is 51.8 Å². The molecule has 2 N–H and O–H groups in total. The fraction of sp³-hybridized carbons (Fsp3) is 0.346. The van der Waals surface area contributed by atoms with E-state index in [9.17, 15) is 18.8 Å². The molecule has 0 bridgehead atoms. The van der Waals surface area contributed by atoms with Crippen LogP contribution < -0.4 is 16.1 Å². The van der Waals surface area contributed by atoms with E-state index in [2.05, 4.69) is 30.1 Å². The van der Waals surface area contributed by atoms with Crippen molar-refractivity contribution in [3.8, 4) is 0 Å². The zero-order valence-electron chi connectivity index (χ0n) is 20.8. The number of nitrogens with zero attached hydrogens (tertiary/aromatic N) is 1. The third-order valence-electron chi connectivity index (χ3n) is 6.26. The van der Waals surface area contributed by atoms with Gasteiger partial charge in [-0.3, -0.25) is 14.4 Å². The van der Waals surface area contributed by atoms with Gasteiger partial charge in [0.2, 0.25) is 5.91 Å². The van der Waals surface area contributed by atoms with Crippen LogP contribution in [-0.4, -0.2) is 43.6 Å². The number of ether oxygens (including phenoxy) is 1. The minimum absolute atomic E-state index is 0.168. The highest BCUT2D eigenvalue weighted by Crippen LogP contribution is 2.32. The van der Waals surface area contributed by atoms with Gasteiger partial charge in [-0.15, -0.1) is 0 Å². The third-order valence-corrected chi connectivity index (χ3v) is 8.28. The molecule has 0 radical (unpaired) electrons. The second kappa shape index (κ2) is 10.2. The van der Waals surface area contributed by atoms with Crippen LogP contribution in [-0.2, 0) is 33.8 Å². The van der Waals surface area contributed by atoms with Crippen LogP contribution >= 0.6 is 0 Å². The van der Waals surface area contributed by atoms with E-state index in [0.717, 1.165) is 11.1 Å². The third kappa shape index (κ3) is 5.49. The number of anilines is 1. The van der Waals surface area contributed by atoms with E-state index in [1.165, 1.54) is 17.0 Å². The molecule has 1 unspecified atom stereocenters. The molecule has 2 aromatic carbocycles. The number of amides is 2. The van der Waals surface area contributed by atoms with Crippen molar-refractivity contribution in [3.05, 3.63) is 81.1 Å². The van der Waals surface area contributed by atoms with Gasteiger partial charge in [-0.2, -0.15) is 5.16 Å². The molecule has 4 rings (SSSR count). The van der Waals surface area contributed by atoms with Gasteiger partial charge in [0.05, 0.1) is 21.1 Å². The second-order valence-corrected chi connectivity index (χ2v) is 15.0. The summed E-state index contributed by atoms with van der Waals surface area (Å²) in [4.78, 5) is 39.7. The summed E-state index contributed by atoms with van der Waals surface area (Å²) in [5.74, 6) is -0.964. The molecular weight excluding hydrogens is 481 g/mol. The molecule has 8 nitrogen and oxygen atoms in total. The number of carbonyl (C=O) groups excluding carboxylic acids is 2. The summed E-state index contributed by atoms with van der Waals surface area (Å²) in [5.41, 5.74) is 2.49. The van der Waals surface area contributed by atoms with Crippen LogP contribution in [0.3, 0.4) is 0 Å². The Hall–Kier alpha value is -3.50. The lowest BCUT2D eigenvalue weighted by atomic mass is 9.90. The van der Waals surface area contributed by atoms with Gasteiger partial charge in [-0.05, 0) is 40.4 Å². The van der Waals surface area contributed by atoms with E-state index < -0.39 is 25.6 Å². The number of nitrogens with one attached hydrogen (secondary N) is 2. The van der Waals surface area contributed by atoms with Crippen LogP contribution in [0, 0.1) is 5.82 Å². The van der Waals surface area contributed by atoms with E-state index in [4.69, 9.17) is 9.26 Å². The van der Waals surface area contributed by atoms with Crippen molar-refractivity contribution in [2.24, 2.45) is 0 Å². The highest BCUT2D eigenvalue weighted by molar-refractivity contribution is 6.88. The van der Waals surface area contributed by atoms with Gasteiger partial charge in [-0.25, -0.2) is 4.39 Å². The second-order valence-electron chi connectivity index (χ2n) is 10.00. The monoisotopic (exact) mass is 511 g/mol. The topological polar surface area (TPSA) is 105 Å². The highest BCUT2D eigenvalue weighted by atomic mass is 28.3. The lowest BCUT2D eigenvalue weighted by molar-refractivity contribution is -0.139. The number of halogens is 1. The molecule has 0 aliphatic carbocycles. The quantitative estimate of drug-likeness (QED) is 0.475. The van der Waals surface area contributed by atoms with Gasteiger partial charge in [0.25, 0.3) is 11.5 Å². The van der Waals surface area contributed by atoms with Crippen molar-refractivity contribution >= 4 is 30.8 Å². The molecule has 2 amide bonds. The Balaban J connectivity index is 1.65. The molecule has 2 heterocycles. The molecule has 1 aliphatic heterocycles. The maximum absolute atomic E-state index is 14.8. The molecule has 36 heavy (non-hydrogen) atoms. The smallest absolute Gasteiger partial charge is 0.280 e. The van der Waals surface area contributed by atoms with Gasteiger partial charge < -0.3 is 19.5 Å². The standard InChI is InChI=1S/C26H30FN3O5Si/c1-34-15-16-5-7-20-17(11-16)9-10-30(24(32)14-19-13-23(31)29-35-19)25(20)26(33)28-18-6-8-22(21(27)12-18)36(2,3)4/h5-8,11-13,25H,9-10,14-15H2,1-4H3,(H,28,33)(H,29,31). The molecule has 0 saturated carbocycles. The number of aromatic amines is 1. The Morgan fingerprint density at radius 3 is 2.61 bits per heavy atom. The number of aromatic nitrogens is 1. The van der Waals surface area contributed by atoms with E-state index in [0.29, 0.717) is 36.0 Å². The number of benzene rings is 2. The van der Waals surface area contributed by atoms with Crippen LogP contribution in [0.4, 0.5) is 10.1 Å². The SMILES string of the molecule is COCc1ccc2c(c1)CCN(C(=O)Cc1cc(=O)[nH]o1)C2C(=O)Nc1ccc([Si](C)(C)C)c(F)c1. The van der Waals surface area contributed by atoms with E-state index in [1.807, 2.05) is 18.2 Å². The number of methoxy groups -OCH3 is 1. The average molecular weight is 512 g/mol. The average Bonchev–Trinajstić information content (AvgIpc) is 3.21. The Morgan fingerprint density at radius 2 is 1.97 bits per heavy atom. The summed E-state index contributed by atoms with van der Waals surface area (Å²) < 4.78 is 25.1. The molecular formula is C26H30FN3O5Si. The van der Waals surface area contributed by atoms with Crippen molar-refractivity contribution in [2.45, 2.75) is 45.1 Å². The largest absolute Gasteiger partial charge is 0.383 e. The zero-order valence-corrected chi connectivity index (χ0v) is 21.8. The number of rotatable bonds is 7. The molecule has 3 aromatic rings. The van der Waals surface area contributed by atoms with Gasteiger partial charge in [-0.1, -0.05) is 43.9 Å². The van der Waals surface area contributed by atoms with Gasteiger partial charge in [0.1, 0.15) is 17.6 Å². The van der Waals surface area contributed by atoms with E-state index in [1.54, 1.807) is 19.2 Å². The van der Waals surface area contributed by atoms with Crippen LogP contribution in [0.25, 0.3) is 0 Å². The predicted molar refractivity (Wildman–Crippen MR) is 136 cm³/mol. The number of carbonyl (C=O) groups is 2. The summed E-state index contributed by atoms with van der Waals surface area (Å²) in [5, 5.41) is 5.66. The Labute approximate surface area is 209 Å². The predicted octanol–water partition coefficient (Wildman–Crippen LogP) is 3.11. The van der Waals surface area contributed by atoms with E-state index in [-0.39, 0.29) is 23.9 Å². The first-order chi connectivity index (χ1) is 17.1. The molecule has 1 aliphatic rings. The van der Waals surface area contributed by atoms with Crippen LogP contribution in [0.2, 0.25) is 19.6 Å². The summed E-state index contributed by atoms with van der Waals surface area (Å²) in [6, 6.07) is 10.7. The van der Waals surface area contributed by atoms with Crippen LogP contribution in [0.1, 0.15) is 28.5 Å². The highest BCUT2D eigenvalue weighted by Gasteiger charge is 2.36. The molecule has 0 spiro atoms. The minimum Gasteiger partial charge on any atom is -0.383 e. The molecule has 190 valence electrons.